The van der Waals surface area contributed by atoms with E-state index in [2.05, 4.69) is 4.98 Å². The number of fused-ring (bicyclic) bond motifs is 1. The SMILES string of the molecule is CCn1c(S[C@H]2C[C@H](C)OC2=O)nc2cc(S(=O)(=O)N3CCCCC3)ccc21. The molecule has 2 aliphatic rings. The second-order valence-corrected chi connectivity index (χ2v) is 10.5. The summed E-state index contributed by atoms with van der Waals surface area (Å²) in [4.78, 5) is 16.9. The van der Waals surface area contributed by atoms with Crippen LogP contribution >= 0.6 is 11.8 Å². The van der Waals surface area contributed by atoms with Crippen molar-refractivity contribution in [3.8, 4) is 0 Å². The summed E-state index contributed by atoms with van der Waals surface area (Å²) in [5.74, 6) is -0.208. The van der Waals surface area contributed by atoms with Crippen LogP contribution in [0.3, 0.4) is 0 Å². The minimum Gasteiger partial charge on any atom is -0.462 e. The van der Waals surface area contributed by atoms with E-state index in [1.54, 1.807) is 16.4 Å². The molecular formula is C19H25N3O4S2. The molecule has 0 unspecified atom stereocenters. The highest BCUT2D eigenvalue weighted by Crippen LogP contribution is 2.34. The van der Waals surface area contributed by atoms with Crippen LogP contribution in [0.4, 0.5) is 0 Å². The fourth-order valence-corrected chi connectivity index (χ4v) is 6.66. The van der Waals surface area contributed by atoms with Gasteiger partial charge in [0.1, 0.15) is 11.4 Å². The molecule has 0 saturated carbocycles. The van der Waals surface area contributed by atoms with Gasteiger partial charge < -0.3 is 9.30 Å². The molecule has 0 amide bonds. The fourth-order valence-electron chi connectivity index (χ4n) is 3.84. The summed E-state index contributed by atoms with van der Waals surface area (Å²) in [5, 5.41) is 0.453. The van der Waals surface area contributed by atoms with E-state index in [4.69, 9.17) is 4.74 Å². The van der Waals surface area contributed by atoms with Gasteiger partial charge in [0.2, 0.25) is 10.0 Å². The Morgan fingerprint density at radius 2 is 2.00 bits per heavy atom. The number of sulfonamides is 1. The summed E-state index contributed by atoms with van der Waals surface area (Å²) in [6.45, 7) is 5.74. The summed E-state index contributed by atoms with van der Waals surface area (Å²) in [6, 6.07) is 5.15. The lowest BCUT2D eigenvalue weighted by molar-refractivity contribution is -0.140. The maximum atomic E-state index is 13.0. The molecule has 1 aromatic heterocycles. The molecule has 3 heterocycles. The Morgan fingerprint density at radius 3 is 2.64 bits per heavy atom. The molecule has 7 nitrogen and oxygen atoms in total. The fraction of sp³-hybridized carbons (Fsp3) is 0.579. The summed E-state index contributed by atoms with van der Waals surface area (Å²) in [7, 11) is -3.50. The summed E-state index contributed by atoms with van der Waals surface area (Å²) in [6.07, 6.45) is 3.47. The molecule has 152 valence electrons. The first-order valence-corrected chi connectivity index (χ1v) is 12.1. The van der Waals surface area contributed by atoms with Crippen molar-refractivity contribution in [1.82, 2.24) is 13.9 Å². The van der Waals surface area contributed by atoms with Gasteiger partial charge >= 0.3 is 5.97 Å². The maximum absolute atomic E-state index is 13.0. The highest BCUT2D eigenvalue weighted by atomic mass is 32.2. The zero-order valence-electron chi connectivity index (χ0n) is 16.1. The molecule has 0 bridgehead atoms. The highest BCUT2D eigenvalue weighted by molar-refractivity contribution is 8.00. The molecule has 1 aromatic carbocycles. The zero-order chi connectivity index (χ0) is 19.9. The third-order valence-electron chi connectivity index (χ3n) is 5.33. The van der Waals surface area contributed by atoms with Crippen molar-refractivity contribution in [2.24, 2.45) is 0 Å². The van der Waals surface area contributed by atoms with Gasteiger partial charge in [-0.15, -0.1) is 0 Å². The number of benzene rings is 1. The number of aryl methyl sites for hydroxylation is 1. The minimum absolute atomic E-state index is 0.0780. The van der Waals surface area contributed by atoms with Crippen molar-refractivity contribution in [1.29, 1.82) is 0 Å². The van der Waals surface area contributed by atoms with Crippen LogP contribution in [0, 0.1) is 0 Å². The number of piperidine rings is 1. The predicted octanol–water partition coefficient (Wildman–Crippen LogP) is 3.03. The van der Waals surface area contributed by atoms with E-state index < -0.39 is 10.0 Å². The number of rotatable bonds is 5. The van der Waals surface area contributed by atoms with Crippen LogP contribution in [0.2, 0.25) is 0 Å². The molecule has 0 N–H and O–H groups in total. The van der Waals surface area contributed by atoms with Gasteiger partial charge in [0, 0.05) is 26.1 Å². The number of esters is 1. The van der Waals surface area contributed by atoms with Crippen molar-refractivity contribution in [2.75, 3.05) is 13.1 Å². The van der Waals surface area contributed by atoms with Gasteiger partial charge in [-0.3, -0.25) is 4.79 Å². The van der Waals surface area contributed by atoms with Crippen molar-refractivity contribution in [3.63, 3.8) is 0 Å². The summed E-state index contributed by atoms with van der Waals surface area (Å²) in [5.41, 5.74) is 1.52. The second kappa shape index (κ2) is 7.68. The Morgan fingerprint density at radius 1 is 1.25 bits per heavy atom. The molecule has 2 aromatic rings. The van der Waals surface area contributed by atoms with Crippen LogP contribution < -0.4 is 0 Å². The lowest BCUT2D eigenvalue weighted by atomic mass is 10.2. The largest absolute Gasteiger partial charge is 0.462 e. The van der Waals surface area contributed by atoms with Gasteiger partial charge in [0.15, 0.2) is 5.16 Å². The van der Waals surface area contributed by atoms with Crippen LogP contribution in [0.15, 0.2) is 28.3 Å². The Kier molecular flexibility index (Phi) is 5.41. The number of ether oxygens (including phenoxy) is 1. The average molecular weight is 424 g/mol. The molecule has 28 heavy (non-hydrogen) atoms. The zero-order valence-corrected chi connectivity index (χ0v) is 17.8. The quantitative estimate of drug-likeness (QED) is 0.688. The van der Waals surface area contributed by atoms with Crippen LogP contribution in [0.5, 0.6) is 0 Å². The van der Waals surface area contributed by atoms with Gasteiger partial charge in [-0.25, -0.2) is 13.4 Å². The number of thioether (sulfide) groups is 1. The first kappa shape index (κ1) is 19.7. The first-order valence-electron chi connectivity index (χ1n) is 9.77. The molecule has 2 fully saturated rings. The lowest BCUT2D eigenvalue weighted by Gasteiger charge is -2.25. The Hall–Kier alpha value is -1.58. The van der Waals surface area contributed by atoms with Gasteiger partial charge in [0.05, 0.1) is 15.9 Å². The van der Waals surface area contributed by atoms with Crippen LogP contribution in [0.1, 0.15) is 39.5 Å². The van der Waals surface area contributed by atoms with E-state index >= 15 is 0 Å². The minimum atomic E-state index is -3.50. The predicted molar refractivity (Wildman–Crippen MR) is 108 cm³/mol. The van der Waals surface area contributed by atoms with Crippen molar-refractivity contribution in [2.45, 2.75) is 67.5 Å². The molecule has 0 spiro atoms. The van der Waals surface area contributed by atoms with Gasteiger partial charge in [-0.2, -0.15) is 4.31 Å². The van der Waals surface area contributed by atoms with Crippen molar-refractivity contribution < 1.29 is 17.9 Å². The van der Waals surface area contributed by atoms with Gasteiger partial charge in [-0.1, -0.05) is 18.2 Å². The Bertz CT molecular complexity index is 996. The summed E-state index contributed by atoms with van der Waals surface area (Å²) >= 11 is 1.40. The van der Waals surface area contributed by atoms with E-state index in [0.29, 0.717) is 31.6 Å². The number of cyclic esters (lactones) is 1. The number of nitrogens with zero attached hydrogens (tertiary/aromatic N) is 3. The molecule has 2 saturated heterocycles. The molecule has 0 radical (unpaired) electrons. The van der Waals surface area contributed by atoms with Crippen molar-refractivity contribution >= 4 is 38.8 Å². The molecule has 2 atom stereocenters. The first-order chi connectivity index (χ1) is 13.4. The van der Waals surface area contributed by atoms with Gasteiger partial charge in [0.25, 0.3) is 0 Å². The third kappa shape index (κ3) is 3.55. The molecule has 9 heteroatoms. The smallest absolute Gasteiger partial charge is 0.319 e. The third-order valence-corrected chi connectivity index (χ3v) is 8.41. The van der Waals surface area contributed by atoms with Gasteiger partial charge in [-0.05, 0) is 44.9 Å². The number of carbonyl (C=O) groups is 1. The number of carbonyl (C=O) groups excluding carboxylic acids is 1. The van der Waals surface area contributed by atoms with Crippen LogP contribution in [-0.4, -0.2) is 52.7 Å². The van der Waals surface area contributed by atoms with Crippen molar-refractivity contribution in [3.05, 3.63) is 18.2 Å². The second-order valence-electron chi connectivity index (χ2n) is 7.34. The van der Waals surface area contributed by atoms with E-state index in [1.807, 2.05) is 24.5 Å². The van der Waals surface area contributed by atoms with E-state index in [0.717, 1.165) is 29.9 Å². The highest BCUT2D eigenvalue weighted by Gasteiger charge is 2.34. The molecule has 2 aliphatic heterocycles. The molecule has 4 rings (SSSR count). The normalized spacial score (nSPS) is 24.0. The van der Waals surface area contributed by atoms with Crippen LogP contribution in [0.25, 0.3) is 11.0 Å². The van der Waals surface area contributed by atoms with E-state index in [-0.39, 0.29) is 22.2 Å². The van der Waals surface area contributed by atoms with E-state index in [1.165, 1.54) is 11.8 Å². The molecular weight excluding hydrogens is 398 g/mol. The number of hydrogen-bond donors (Lipinski definition) is 0. The lowest BCUT2D eigenvalue weighted by Crippen LogP contribution is -2.35. The molecule has 0 aliphatic carbocycles. The topological polar surface area (TPSA) is 81.5 Å². The standard InChI is InChI=1S/C19H25N3O4S2/c1-3-22-16-8-7-14(28(24,25)21-9-5-4-6-10-21)12-15(16)20-19(22)27-17-11-13(2)26-18(17)23/h7-8,12-13,17H,3-6,9-11H2,1-2H3/t13-,17-/m0/s1. The maximum Gasteiger partial charge on any atom is 0.319 e. The Balaban J connectivity index is 1.67. The number of aromatic nitrogens is 2. The Labute approximate surface area is 169 Å². The summed E-state index contributed by atoms with van der Waals surface area (Å²) < 4.78 is 34.8. The average Bonchev–Trinajstić information content (AvgIpc) is 3.20. The monoisotopic (exact) mass is 423 g/mol. The van der Waals surface area contributed by atoms with Crippen LogP contribution in [-0.2, 0) is 26.1 Å². The number of imidazole rings is 1. The number of hydrogen-bond acceptors (Lipinski definition) is 6. The van der Waals surface area contributed by atoms with E-state index in [9.17, 15) is 13.2 Å².